The molecule has 2 rings (SSSR count). The molecule has 1 aliphatic heterocycles. The summed E-state index contributed by atoms with van der Waals surface area (Å²) >= 11 is 1.91. The van der Waals surface area contributed by atoms with E-state index < -0.39 is 0 Å². The molecule has 0 saturated carbocycles. The molecule has 2 heteroatoms. The number of rotatable bonds is 1. The maximum atomic E-state index is 3.42. The number of aryl methyl sites for hydroxylation is 2. The number of hydrogen-bond acceptors (Lipinski definition) is 2. The van der Waals surface area contributed by atoms with Crippen molar-refractivity contribution in [1.29, 1.82) is 0 Å². The predicted molar refractivity (Wildman–Crippen MR) is 49.2 cm³/mol. The second-order valence-electron chi connectivity index (χ2n) is 3.16. The average molecular weight is 167 g/mol. The molecule has 0 radical (unpaired) electrons. The molecule has 11 heavy (non-hydrogen) atoms. The fraction of sp³-hybridized carbons (Fsp3) is 0.556. The van der Waals surface area contributed by atoms with Crippen LogP contribution in [0.2, 0.25) is 0 Å². The van der Waals surface area contributed by atoms with E-state index in [1.165, 1.54) is 28.3 Å². The zero-order valence-electron chi connectivity index (χ0n) is 6.98. The third kappa shape index (κ3) is 1.21. The summed E-state index contributed by atoms with van der Waals surface area (Å²) in [6.45, 7) is 5.59. The van der Waals surface area contributed by atoms with E-state index in [9.17, 15) is 0 Å². The van der Waals surface area contributed by atoms with Gasteiger partial charge in [0.05, 0.1) is 0 Å². The number of thiophene rings is 1. The molecular formula is C9H13NS. The van der Waals surface area contributed by atoms with Gasteiger partial charge >= 0.3 is 0 Å². The number of hydrogen-bond donors (Lipinski definition) is 1. The smallest absolute Gasteiger partial charge is 0.0343 e. The molecule has 1 fully saturated rings. The Labute approximate surface area is 71.4 Å². The summed E-state index contributed by atoms with van der Waals surface area (Å²) < 4.78 is 0. The third-order valence-corrected chi connectivity index (χ3v) is 3.26. The van der Waals surface area contributed by atoms with E-state index in [0.717, 1.165) is 0 Å². The highest BCUT2D eigenvalue weighted by Gasteiger charge is 2.21. The van der Waals surface area contributed by atoms with Crippen LogP contribution >= 0.6 is 11.3 Å². The summed E-state index contributed by atoms with van der Waals surface area (Å²) in [5.74, 6) is 0. The zero-order valence-corrected chi connectivity index (χ0v) is 7.79. The molecule has 60 valence electrons. The minimum atomic E-state index is 0.667. The maximum absolute atomic E-state index is 3.42. The molecule has 1 aromatic heterocycles. The molecule has 2 heterocycles. The van der Waals surface area contributed by atoms with Crippen LogP contribution in [0.1, 0.15) is 27.8 Å². The first kappa shape index (κ1) is 7.32. The number of nitrogens with one attached hydrogen (secondary N) is 1. The van der Waals surface area contributed by atoms with E-state index >= 15 is 0 Å². The molecule has 1 atom stereocenters. The van der Waals surface area contributed by atoms with Crippen LogP contribution in [-0.4, -0.2) is 6.54 Å². The minimum absolute atomic E-state index is 0.667. The van der Waals surface area contributed by atoms with Crippen LogP contribution in [0, 0.1) is 13.8 Å². The normalized spacial score (nSPS) is 23.3. The monoisotopic (exact) mass is 167 g/mol. The van der Waals surface area contributed by atoms with Crippen LogP contribution in [0.4, 0.5) is 0 Å². The Bertz CT molecular complexity index is 261. The van der Waals surface area contributed by atoms with Gasteiger partial charge in [0.15, 0.2) is 0 Å². The Balaban J connectivity index is 2.28. The van der Waals surface area contributed by atoms with Crippen molar-refractivity contribution in [3.63, 3.8) is 0 Å². The molecule has 1 aromatic rings. The molecule has 0 aromatic carbocycles. The Hall–Kier alpha value is -0.340. The van der Waals surface area contributed by atoms with Gasteiger partial charge in [-0.3, -0.25) is 0 Å². The highest BCUT2D eigenvalue weighted by molar-refractivity contribution is 7.12. The second-order valence-corrected chi connectivity index (χ2v) is 4.62. The largest absolute Gasteiger partial charge is 0.310 e. The molecule has 0 aliphatic carbocycles. The van der Waals surface area contributed by atoms with Crippen LogP contribution < -0.4 is 5.32 Å². The lowest BCUT2D eigenvalue weighted by atomic mass is 9.99. The molecule has 1 aliphatic rings. The summed E-state index contributed by atoms with van der Waals surface area (Å²) in [4.78, 5) is 2.92. The van der Waals surface area contributed by atoms with E-state index in [2.05, 4.69) is 25.2 Å². The van der Waals surface area contributed by atoms with Crippen molar-refractivity contribution in [2.45, 2.75) is 26.3 Å². The summed E-state index contributed by atoms with van der Waals surface area (Å²) in [7, 11) is 0. The van der Waals surface area contributed by atoms with Crippen LogP contribution in [-0.2, 0) is 0 Å². The van der Waals surface area contributed by atoms with Gasteiger partial charge in [-0.2, -0.15) is 0 Å². The van der Waals surface area contributed by atoms with E-state index in [0.29, 0.717) is 6.04 Å². The van der Waals surface area contributed by atoms with Crippen LogP contribution in [0.3, 0.4) is 0 Å². The second kappa shape index (κ2) is 2.61. The fourth-order valence-electron chi connectivity index (χ4n) is 1.55. The SMILES string of the molecule is Cc1cc([C@H]2CCN2)c(C)s1. The molecule has 0 spiro atoms. The van der Waals surface area contributed by atoms with E-state index in [-0.39, 0.29) is 0 Å². The van der Waals surface area contributed by atoms with Gasteiger partial charge in [-0.1, -0.05) is 0 Å². The van der Waals surface area contributed by atoms with Gasteiger partial charge < -0.3 is 5.32 Å². The highest BCUT2D eigenvalue weighted by atomic mass is 32.1. The summed E-state index contributed by atoms with van der Waals surface area (Å²) in [6, 6.07) is 2.98. The molecule has 0 bridgehead atoms. The summed E-state index contributed by atoms with van der Waals surface area (Å²) in [5, 5.41) is 3.42. The van der Waals surface area contributed by atoms with Gasteiger partial charge in [-0.05, 0) is 38.4 Å². The Morgan fingerprint density at radius 2 is 2.27 bits per heavy atom. The van der Waals surface area contributed by atoms with Gasteiger partial charge in [0.25, 0.3) is 0 Å². The fourth-order valence-corrected chi connectivity index (χ4v) is 2.54. The van der Waals surface area contributed by atoms with E-state index in [1.807, 2.05) is 11.3 Å². The summed E-state index contributed by atoms with van der Waals surface area (Å²) in [5.41, 5.74) is 1.53. The van der Waals surface area contributed by atoms with Crippen molar-refractivity contribution < 1.29 is 0 Å². The minimum Gasteiger partial charge on any atom is -0.310 e. The zero-order chi connectivity index (χ0) is 7.84. The Morgan fingerprint density at radius 1 is 1.55 bits per heavy atom. The topological polar surface area (TPSA) is 12.0 Å². The lowest BCUT2D eigenvalue weighted by Crippen LogP contribution is -2.34. The first-order chi connectivity index (χ1) is 5.27. The first-order valence-electron chi connectivity index (χ1n) is 4.07. The van der Waals surface area contributed by atoms with Gasteiger partial charge in [0, 0.05) is 15.8 Å². The predicted octanol–water partition coefficient (Wildman–Crippen LogP) is 2.40. The third-order valence-electron chi connectivity index (χ3n) is 2.28. The van der Waals surface area contributed by atoms with Gasteiger partial charge in [0.2, 0.25) is 0 Å². The first-order valence-corrected chi connectivity index (χ1v) is 4.89. The average Bonchev–Trinajstić information content (AvgIpc) is 2.07. The molecule has 0 amide bonds. The van der Waals surface area contributed by atoms with Crippen molar-refractivity contribution in [1.82, 2.24) is 5.32 Å². The standard InChI is InChI=1S/C9H13NS/c1-6-5-8(7(2)11-6)9-3-4-10-9/h5,9-10H,3-4H2,1-2H3/t9-/m1/s1. The van der Waals surface area contributed by atoms with Crippen molar-refractivity contribution in [3.05, 3.63) is 21.4 Å². The van der Waals surface area contributed by atoms with Gasteiger partial charge in [0.1, 0.15) is 0 Å². The van der Waals surface area contributed by atoms with Crippen molar-refractivity contribution >= 4 is 11.3 Å². The Kier molecular flexibility index (Phi) is 1.74. The molecular weight excluding hydrogens is 154 g/mol. The quantitative estimate of drug-likeness (QED) is 0.677. The van der Waals surface area contributed by atoms with Crippen LogP contribution in [0.5, 0.6) is 0 Å². The van der Waals surface area contributed by atoms with Crippen LogP contribution in [0.25, 0.3) is 0 Å². The maximum Gasteiger partial charge on any atom is 0.0343 e. The van der Waals surface area contributed by atoms with E-state index in [4.69, 9.17) is 0 Å². The summed E-state index contributed by atoms with van der Waals surface area (Å²) in [6.07, 6.45) is 1.32. The van der Waals surface area contributed by atoms with Crippen molar-refractivity contribution in [2.75, 3.05) is 6.54 Å². The van der Waals surface area contributed by atoms with Gasteiger partial charge in [-0.25, -0.2) is 0 Å². The van der Waals surface area contributed by atoms with Gasteiger partial charge in [-0.15, -0.1) is 11.3 Å². The van der Waals surface area contributed by atoms with E-state index in [1.54, 1.807) is 0 Å². The van der Waals surface area contributed by atoms with Crippen LogP contribution in [0.15, 0.2) is 6.07 Å². The van der Waals surface area contributed by atoms with Crippen molar-refractivity contribution in [2.24, 2.45) is 0 Å². The molecule has 1 saturated heterocycles. The lowest BCUT2D eigenvalue weighted by molar-refractivity contribution is 0.383. The van der Waals surface area contributed by atoms with Crippen molar-refractivity contribution in [3.8, 4) is 0 Å². The molecule has 1 N–H and O–H groups in total. The lowest BCUT2D eigenvalue weighted by Gasteiger charge is -2.27. The Morgan fingerprint density at radius 3 is 2.64 bits per heavy atom. The molecule has 1 nitrogen and oxygen atoms in total. The highest BCUT2D eigenvalue weighted by Crippen LogP contribution is 2.31. The molecule has 0 unspecified atom stereocenters.